The topological polar surface area (TPSA) is 47.4 Å². The average molecular weight is 468 g/mol. The number of amides is 1. The van der Waals surface area contributed by atoms with Crippen molar-refractivity contribution >= 4 is 16.9 Å². The molecule has 2 heterocycles. The van der Waals surface area contributed by atoms with Gasteiger partial charge in [0.1, 0.15) is 11.6 Å². The molecule has 0 aliphatic carbocycles. The van der Waals surface area contributed by atoms with E-state index < -0.39 is 0 Å². The number of carbonyl (C=O) groups is 1. The molecule has 0 saturated carbocycles. The molecule has 0 unspecified atom stereocenters. The van der Waals surface area contributed by atoms with Crippen molar-refractivity contribution in [3.63, 3.8) is 0 Å². The van der Waals surface area contributed by atoms with Crippen molar-refractivity contribution in [3.05, 3.63) is 95.8 Å². The number of likely N-dealkylation sites (tertiary alicyclic amines) is 1. The molecule has 1 saturated heterocycles. The number of imidazole rings is 1. The molecule has 1 fully saturated rings. The maximum Gasteiger partial charge on any atom is 0.223 e. The zero-order valence-corrected chi connectivity index (χ0v) is 20.4. The minimum Gasteiger partial charge on any atom is -0.494 e. The Morgan fingerprint density at radius 3 is 2.49 bits per heavy atom. The standard InChI is InChI=1S/C30H33N3O2/c1-2-23-14-16-26(17-15-23)35-19-9-8-18-33-28-13-7-6-12-27(28)31-30(33)25-20-29(34)32(22-25)21-24-10-4-3-5-11-24/h3-7,10-17,25H,2,8-9,18-22H2,1H3/t25-/m0/s1. The number of ether oxygens (including phenoxy) is 1. The molecule has 5 heteroatoms. The Hall–Kier alpha value is -3.60. The summed E-state index contributed by atoms with van der Waals surface area (Å²) < 4.78 is 8.28. The first-order valence-corrected chi connectivity index (χ1v) is 12.7. The van der Waals surface area contributed by atoms with Crippen molar-refractivity contribution in [2.24, 2.45) is 0 Å². The number of aromatic nitrogens is 2. The van der Waals surface area contributed by atoms with Crippen molar-refractivity contribution in [3.8, 4) is 5.75 Å². The maximum absolute atomic E-state index is 12.8. The lowest BCUT2D eigenvalue weighted by Crippen LogP contribution is -2.24. The lowest BCUT2D eigenvalue weighted by atomic mass is 10.1. The molecule has 3 aromatic carbocycles. The highest BCUT2D eigenvalue weighted by molar-refractivity contribution is 5.81. The number of hydrogen-bond donors (Lipinski definition) is 0. The second-order valence-corrected chi connectivity index (χ2v) is 9.32. The van der Waals surface area contributed by atoms with Gasteiger partial charge in [0.15, 0.2) is 0 Å². The zero-order valence-electron chi connectivity index (χ0n) is 20.4. The van der Waals surface area contributed by atoms with Crippen molar-refractivity contribution in [1.82, 2.24) is 14.5 Å². The van der Waals surface area contributed by atoms with Crippen molar-refractivity contribution in [2.45, 2.75) is 51.6 Å². The average Bonchev–Trinajstić information content (AvgIpc) is 3.45. The summed E-state index contributed by atoms with van der Waals surface area (Å²) in [5, 5.41) is 0. The van der Waals surface area contributed by atoms with E-state index in [1.54, 1.807) is 0 Å². The van der Waals surface area contributed by atoms with Crippen LogP contribution in [0.4, 0.5) is 0 Å². The summed E-state index contributed by atoms with van der Waals surface area (Å²) in [6.45, 7) is 5.10. The molecule has 0 bridgehead atoms. The molecule has 0 radical (unpaired) electrons. The molecule has 1 amide bonds. The number of benzene rings is 3. The Labute approximate surface area is 207 Å². The van der Waals surface area contributed by atoms with Gasteiger partial charge in [-0.2, -0.15) is 0 Å². The van der Waals surface area contributed by atoms with Crippen molar-refractivity contribution in [2.75, 3.05) is 13.2 Å². The van der Waals surface area contributed by atoms with Crippen LogP contribution in [0.15, 0.2) is 78.9 Å². The van der Waals surface area contributed by atoms with Gasteiger partial charge >= 0.3 is 0 Å². The van der Waals surface area contributed by atoms with Gasteiger partial charge in [-0.1, -0.05) is 61.5 Å². The van der Waals surface area contributed by atoms with Crippen LogP contribution in [0.2, 0.25) is 0 Å². The summed E-state index contributed by atoms with van der Waals surface area (Å²) in [4.78, 5) is 19.8. The molecule has 1 aliphatic heterocycles. The number of rotatable bonds is 10. The molecule has 4 aromatic rings. The van der Waals surface area contributed by atoms with E-state index in [-0.39, 0.29) is 11.8 Å². The zero-order chi connectivity index (χ0) is 24.0. The summed E-state index contributed by atoms with van der Waals surface area (Å²) in [5.74, 6) is 2.29. The third-order valence-electron chi connectivity index (χ3n) is 6.86. The SMILES string of the molecule is CCc1ccc(OCCCCn2c([C@H]3CC(=O)N(Cc4ccccc4)C3)nc3ccccc32)cc1. The summed E-state index contributed by atoms with van der Waals surface area (Å²) >= 11 is 0. The highest BCUT2D eigenvalue weighted by Crippen LogP contribution is 2.31. The third kappa shape index (κ3) is 5.40. The Morgan fingerprint density at radius 1 is 0.914 bits per heavy atom. The first-order chi connectivity index (χ1) is 17.2. The second kappa shape index (κ2) is 10.8. The second-order valence-electron chi connectivity index (χ2n) is 9.32. The Bertz CT molecular complexity index is 1260. The number of fused-ring (bicyclic) bond motifs is 1. The number of nitrogens with zero attached hydrogens (tertiary/aromatic N) is 3. The van der Waals surface area contributed by atoms with Crippen LogP contribution in [0.5, 0.6) is 5.75 Å². The summed E-state index contributed by atoms with van der Waals surface area (Å²) in [6, 6.07) is 26.9. The molecule has 5 rings (SSSR count). The van der Waals surface area contributed by atoms with Gasteiger partial charge in [0.2, 0.25) is 5.91 Å². The van der Waals surface area contributed by atoms with E-state index in [1.807, 2.05) is 29.2 Å². The minimum absolute atomic E-state index is 0.118. The summed E-state index contributed by atoms with van der Waals surface area (Å²) in [5.41, 5.74) is 4.64. The summed E-state index contributed by atoms with van der Waals surface area (Å²) in [6.07, 6.45) is 3.52. The lowest BCUT2D eigenvalue weighted by Gasteiger charge is -2.17. The number of aryl methyl sites for hydroxylation is 2. The highest BCUT2D eigenvalue weighted by Gasteiger charge is 2.33. The van der Waals surface area contributed by atoms with E-state index in [4.69, 9.17) is 9.72 Å². The molecule has 35 heavy (non-hydrogen) atoms. The van der Waals surface area contributed by atoms with Gasteiger partial charge in [-0.15, -0.1) is 0 Å². The van der Waals surface area contributed by atoms with E-state index in [9.17, 15) is 4.79 Å². The van der Waals surface area contributed by atoms with E-state index in [1.165, 1.54) is 11.1 Å². The predicted octanol–water partition coefficient (Wildman–Crippen LogP) is 5.97. The predicted molar refractivity (Wildman–Crippen MR) is 139 cm³/mol. The normalized spacial score (nSPS) is 15.7. The lowest BCUT2D eigenvalue weighted by molar-refractivity contribution is -0.128. The van der Waals surface area contributed by atoms with Crippen LogP contribution in [0.3, 0.4) is 0 Å². The molecular weight excluding hydrogens is 434 g/mol. The van der Waals surface area contributed by atoms with Gasteiger partial charge in [0, 0.05) is 32.0 Å². The maximum atomic E-state index is 12.8. The minimum atomic E-state index is 0.118. The van der Waals surface area contributed by atoms with Crippen LogP contribution >= 0.6 is 0 Å². The van der Waals surface area contributed by atoms with E-state index in [2.05, 4.69) is 66.1 Å². The number of unbranched alkanes of at least 4 members (excludes halogenated alkanes) is 1. The van der Waals surface area contributed by atoms with E-state index in [0.29, 0.717) is 26.1 Å². The van der Waals surface area contributed by atoms with Crippen LogP contribution in [-0.2, 0) is 24.3 Å². The smallest absolute Gasteiger partial charge is 0.223 e. The van der Waals surface area contributed by atoms with Crippen LogP contribution in [0, 0.1) is 0 Å². The van der Waals surface area contributed by atoms with E-state index >= 15 is 0 Å². The summed E-state index contributed by atoms with van der Waals surface area (Å²) in [7, 11) is 0. The fourth-order valence-electron chi connectivity index (χ4n) is 4.93. The fraction of sp³-hybridized carbons (Fsp3) is 0.333. The fourth-order valence-corrected chi connectivity index (χ4v) is 4.93. The first kappa shape index (κ1) is 23.2. The molecule has 0 spiro atoms. The van der Waals surface area contributed by atoms with Gasteiger partial charge in [0.25, 0.3) is 0 Å². The highest BCUT2D eigenvalue weighted by atomic mass is 16.5. The Morgan fingerprint density at radius 2 is 1.69 bits per heavy atom. The van der Waals surface area contributed by atoms with Crippen LogP contribution in [-0.4, -0.2) is 33.5 Å². The van der Waals surface area contributed by atoms with Crippen LogP contribution in [0.1, 0.15) is 49.1 Å². The first-order valence-electron chi connectivity index (χ1n) is 12.7. The largest absolute Gasteiger partial charge is 0.494 e. The molecule has 1 atom stereocenters. The molecule has 180 valence electrons. The van der Waals surface area contributed by atoms with Crippen LogP contribution < -0.4 is 4.74 Å². The number of carbonyl (C=O) groups excluding carboxylic acids is 1. The molecule has 5 nitrogen and oxygen atoms in total. The molecule has 1 aliphatic rings. The molecule has 0 N–H and O–H groups in total. The van der Waals surface area contributed by atoms with Gasteiger partial charge < -0.3 is 14.2 Å². The van der Waals surface area contributed by atoms with Crippen molar-refractivity contribution < 1.29 is 9.53 Å². The van der Waals surface area contributed by atoms with Gasteiger partial charge in [-0.05, 0) is 54.7 Å². The van der Waals surface area contributed by atoms with Gasteiger partial charge in [-0.3, -0.25) is 4.79 Å². The van der Waals surface area contributed by atoms with Gasteiger partial charge in [0.05, 0.1) is 17.6 Å². The Balaban J connectivity index is 1.24. The Kier molecular flexibility index (Phi) is 7.12. The van der Waals surface area contributed by atoms with Gasteiger partial charge in [-0.25, -0.2) is 4.98 Å². The molecular formula is C30H33N3O2. The molecule has 1 aromatic heterocycles. The third-order valence-corrected chi connectivity index (χ3v) is 6.86. The van der Waals surface area contributed by atoms with Crippen LogP contribution in [0.25, 0.3) is 11.0 Å². The monoisotopic (exact) mass is 467 g/mol. The van der Waals surface area contributed by atoms with Crippen molar-refractivity contribution in [1.29, 1.82) is 0 Å². The van der Waals surface area contributed by atoms with E-state index in [0.717, 1.165) is 48.4 Å². The number of para-hydroxylation sites is 2. The quantitative estimate of drug-likeness (QED) is 0.270. The number of hydrogen-bond acceptors (Lipinski definition) is 3.